The van der Waals surface area contributed by atoms with Gasteiger partial charge in [0.15, 0.2) is 0 Å². The Bertz CT molecular complexity index is 938. The van der Waals surface area contributed by atoms with Crippen LogP contribution in [0.15, 0.2) is 40.8 Å². The number of carbonyl (C=O) groups excluding carboxylic acids is 1. The molecule has 23 heavy (non-hydrogen) atoms. The molecule has 1 N–H and O–H groups in total. The number of hydrogen-bond donors (Lipinski definition) is 1. The molecule has 0 spiro atoms. The Hall–Kier alpha value is -2.25. The number of benzene rings is 1. The zero-order valence-corrected chi connectivity index (χ0v) is 13.3. The van der Waals surface area contributed by atoms with Gasteiger partial charge in [0.1, 0.15) is 10.6 Å². The van der Waals surface area contributed by atoms with E-state index in [2.05, 4.69) is 10.3 Å². The van der Waals surface area contributed by atoms with Gasteiger partial charge in [-0.25, -0.2) is 9.37 Å². The Morgan fingerprint density at radius 2 is 2.22 bits per heavy atom. The minimum absolute atomic E-state index is 0.0151. The second-order valence-corrected chi connectivity index (χ2v) is 6.14. The molecule has 118 valence electrons. The van der Waals surface area contributed by atoms with Gasteiger partial charge in [-0.2, -0.15) is 0 Å². The Morgan fingerprint density at radius 1 is 1.39 bits per heavy atom. The highest BCUT2D eigenvalue weighted by Gasteiger charge is 2.10. The lowest BCUT2D eigenvalue weighted by Gasteiger charge is -2.08. The second kappa shape index (κ2) is 6.47. The number of aryl methyl sites for hydroxylation is 1. The smallest absolute Gasteiger partial charge is 0.262 e. The van der Waals surface area contributed by atoms with Crippen molar-refractivity contribution in [1.82, 2.24) is 9.55 Å². The van der Waals surface area contributed by atoms with Crippen LogP contribution in [0, 0.1) is 5.82 Å². The van der Waals surface area contributed by atoms with Crippen molar-refractivity contribution < 1.29 is 9.18 Å². The predicted octanol–water partition coefficient (Wildman–Crippen LogP) is 3.28. The van der Waals surface area contributed by atoms with Crippen molar-refractivity contribution in [1.29, 1.82) is 0 Å². The number of carbonyl (C=O) groups is 1. The van der Waals surface area contributed by atoms with Crippen molar-refractivity contribution in [2.24, 2.45) is 0 Å². The monoisotopic (exact) mass is 351 g/mol. The average Bonchev–Trinajstić information content (AvgIpc) is 3.00. The minimum atomic E-state index is -0.568. The summed E-state index contributed by atoms with van der Waals surface area (Å²) in [5, 5.41) is 5.08. The summed E-state index contributed by atoms with van der Waals surface area (Å²) in [7, 11) is 0. The zero-order chi connectivity index (χ0) is 16.4. The lowest BCUT2D eigenvalue weighted by molar-refractivity contribution is -0.116. The van der Waals surface area contributed by atoms with Crippen molar-refractivity contribution in [3.8, 4) is 0 Å². The number of nitrogens with zero attached hydrogens (tertiary/aromatic N) is 2. The van der Waals surface area contributed by atoms with Crippen LogP contribution in [0.5, 0.6) is 0 Å². The van der Waals surface area contributed by atoms with Crippen LogP contribution in [0.1, 0.15) is 6.42 Å². The van der Waals surface area contributed by atoms with E-state index < -0.39 is 11.7 Å². The van der Waals surface area contributed by atoms with Gasteiger partial charge in [-0.3, -0.25) is 14.2 Å². The fourth-order valence-electron chi connectivity index (χ4n) is 2.08. The van der Waals surface area contributed by atoms with E-state index >= 15 is 0 Å². The minimum Gasteiger partial charge on any atom is -0.323 e. The van der Waals surface area contributed by atoms with Crippen molar-refractivity contribution in [3.63, 3.8) is 0 Å². The van der Waals surface area contributed by atoms with Crippen LogP contribution in [0.2, 0.25) is 5.02 Å². The number of fused-ring (bicyclic) bond motifs is 1. The predicted molar refractivity (Wildman–Crippen MR) is 88.5 cm³/mol. The van der Waals surface area contributed by atoms with Gasteiger partial charge in [-0.05, 0) is 29.6 Å². The largest absolute Gasteiger partial charge is 0.323 e. The maximum absolute atomic E-state index is 13.6. The standard InChI is InChI=1S/C15H11ClFN3O2S/c16-9-1-2-11(17)12(7-9)19-13(21)3-5-20-8-18-14-10(15(20)22)4-6-23-14/h1-2,4,6-8H,3,5H2,(H,19,21). The quantitative estimate of drug-likeness (QED) is 0.784. The van der Waals surface area contributed by atoms with Crippen molar-refractivity contribution in [2.45, 2.75) is 13.0 Å². The first-order valence-electron chi connectivity index (χ1n) is 6.72. The third kappa shape index (κ3) is 3.40. The van der Waals surface area contributed by atoms with Crippen LogP contribution in [-0.2, 0) is 11.3 Å². The summed E-state index contributed by atoms with van der Waals surface area (Å²) in [5.74, 6) is -0.982. The SMILES string of the molecule is O=C(CCn1cnc2sccc2c1=O)Nc1cc(Cl)ccc1F. The molecule has 0 bridgehead atoms. The highest BCUT2D eigenvalue weighted by atomic mass is 35.5. The molecule has 5 nitrogen and oxygen atoms in total. The molecule has 1 amide bonds. The maximum Gasteiger partial charge on any atom is 0.262 e. The first kappa shape index (κ1) is 15.6. The number of hydrogen-bond acceptors (Lipinski definition) is 4. The molecule has 0 fully saturated rings. The molecule has 0 aliphatic rings. The number of halogens is 2. The summed E-state index contributed by atoms with van der Waals surface area (Å²) >= 11 is 7.15. The molecule has 0 saturated heterocycles. The number of aromatic nitrogens is 2. The van der Waals surface area contributed by atoms with Gasteiger partial charge in [0, 0.05) is 18.0 Å². The Balaban J connectivity index is 1.69. The zero-order valence-electron chi connectivity index (χ0n) is 11.8. The third-order valence-corrected chi connectivity index (χ3v) is 4.29. The number of thiophene rings is 1. The lowest BCUT2D eigenvalue weighted by atomic mass is 10.3. The van der Waals surface area contributed by atoms with Crippen molar-refractivity contribution in [2.75, 3.05) is 5.32 Å². The van der Waals surface area contributed by atoms with E-state index in [1.165, 1.54) is 40.4 Å². The van der Waals surface area contributed by atoms with Crippen LogP contribution < -0.4 is 10.9 Å². The van der Waals surface area contributed by atoms with E-state index in [1.807, 2.05) is 0 Å². The fourth-order valence-corrected chi connectivity index (χ4v) is 2.98. The third-order valence-electron chi connectivity index (χ3n) is 3.23. The number of nitrogens with one attached hydrogen (secondary N) is 1. The maximum atomic E-state index is 13.6. The topological polar surface area (TPSA) is 64.0 Å². The first-order valence-corrected chi connectivity index (χ1v) is 7.98. The Morgan fingerprint density at radius 3 is 3.04 bits per heavy atom. The van der Waals surface area contributed by atoms with E-state index in [4.69, 9.17) is 11.6 Å². The normalized spacial score (nSPS) is 10.9. The summed E-state index contributed by atoms with van der Waals surface area (Å²) in [6.07, 6.45) is 1.43. The van der Waals surface area contributed by atoms with Crippen LogP contribution in [0.3, 0.4) is 0 Å². The van der Waals surface area contributed by atoms with Crippen LogP contribution >= 0.6 is 22.9 Å². The molecule has 0 atom stereocenters. The van der Waals surface area contributed by atoms with Gasteiger partial charge in [-0.1, -0.05) is 11.6 Å². The summed E-state index contributed by atoms with van der Waals surface area (Å²) in [4.78, 5) is 28.9. The molecular weight excluding hydrogens is 341 g/mol. The van der Waals surface area contributed by atoms with Gasteiger partial charge < -0.3 is 5.32 Å². The first-order chi connectivity index (χ1) is 11.0. The average molecular weight is 352 g/mol. The number of rotatable bonds is 4. The van der Waals surface area contributed by atoms with E-state index in [0.717, 1.165) is 0 Å². The van der Waals surface area contributed by atoms with E-state index in [1.54, 1.807) is 11.4 Å². The number of amides is 1. The molecule has 3 aromatic rings. The van der Waals surface area contributed by atoms with Gasteiger partial charge in [0.05, 0.1) is 17.4 Å². The van der Waals surface area contributed by atoms with Gasteiger partial charge in [0.2, 0.25) is 5.91 Å². The molecule has 0 aliphatic carbocycles. The van der Waals surface area contributed by atoms with Crippen LogP contribution in [0.4, 0.5) is 10.1 Å². The summed E-state index contributed by atoms with van der Waals surface area (Å²) in [6.45, 7) is 0.158. The van der Waals surface area contributed by atoms with Gasteiger partial charge >= 0.3 is 0 Å². The molecule has 1 aromatic carbocycles. The highest BCUT2D eigenvalue weighted by Crippen LogP contribution is 2.19. The van der Waals surface area contributed by atoms with Crippen LogP contribution in [0.25, 0.3) is 10.2 Å². The molecule has 3 rings (SSSR count). The fraction of sp³-hybridized carbons (Fsp3) is 0.133. The molecule has 0 saturated carbocycles. The second-order valence-electron chi connectivity index (χ2n) is 4.80. The van der Waals surface area contributed by atoms with E-state index in [9.17, 15) is 14.0 Å². The lowest BCUT2D eigenvalue weighted by Crippen LogP contribution is -2.23. The molecule has 2 heterocycles. The van der Waals surface area contributed by atoms with E-state index in [-0.39, 0.29) is 24.2 Å². The Labute approximate surface area is 139 Å². The highest BCUT2D eigenvalue weighted by molar-refractivity contribution is 7.16. The summed E-state index contributed by atoms with van der Waals surface area (Å²) < 4.78 is 14.9. The molecule has 8 heteroatoms. The Kier molecular flexibility index (Phi) is 4.40. The van der Waals surface area contributed by atoms with Gasteiger partial charge in [-0.15, -0.1) is 11.3 Å². The van der Waals surface area contributed by atoms with Crippen molar-refractivity contribution in [3.05, 3.63) is 57.2 Å². The molecule has 0 radical (unpaired) electrons. The summed E-state index contributed by atoms with van der Waals surface area (Å²) in [6, 6.07) is 5.61. The molecule has 0 unspecified atom stereocenters. The van der Waals surface area contributed by atoms with Crippen molar-refractivity contribution >= 4 is 44.7 Å². The van der Waals surface area contributed by atoms with Gasteiger partial charge in [0.25, 0.3) is 5.56 Å². The molecular formula is C15H11ClFN3O2S. The van der Waals surface area contributed by atoms with E-state index in [0.29, 0.717) is 15.2 Å². The van der Waals surface area contributed by atoms with Crippen LogP contribution in [-0.4, -0.2) is 15.5 Å². The molecule has 0 aliphatic heterocycles. The molecule has 2 aromatic heterocycles. The summed E-state index contributed by atoms with van der Waals surface area (Å²) in [5.41, 5.74) is -0.181. The number of anilines is 1.